The third-order valence-electron chi connectivity index (χ3n) is 8.23. The van der Waals surface area contributed by atoms with Crippen molar-refractivity contribution in [2.75, 3.05) is 30.8 Å². The number of hydrogen-bond acceptors (Lipinski definition) is 5. The van der Waals surface area contributed by atoms with Crippen LogP contribution in [0.5, 0.6) is 17.2 Å². The summed E-state index contributed by atoms with van der Waals surface area (Å²) >= 11 is 0. The van der Waals surface area contributed by atoms with Gasteiger partial charge in [-0.1, -0.05) is 69.2 Å². The number of anilines is 2. The van der Waals surface area contributed by atoms with Crippen molar-refractivity contribution in [1.29, 1.82) is 0 Å². The van der Waals surface area contributed by atoms with Gasteiger partial charge >= 0.3 is 0 Å². The average molecular weight is 551 g/mol. The summed E-state index contributed by atoms with van der Waals surface area (Å²) in [6.07, 6.45) is 4.63. The van der Waals surface area contributed by atoms with E-state index < -0.39 is 0 Å². The monoisotopic (exact) mass is 550 g/mol. The minimum atomic E-state index is -0.177. The zero-order valence-electron chi connectivity index (χ0n) is 24.7. The second-order valence-electron chi connectivity index (χ2n) is 10.9. The molecule has 0 saturated carbocycles. The van der Waals surface area contributed by atoms with Gasteiger partial charge in [-0.15, -0.1) is 0 Å². The van der Waals surface area contributed by atoms with Gasteiger partial charge in [0.25, 0.3) is 0 Å². The van der Waals surface area contributed by atoms with Gasteiger partial charge in [-0.3, -0.25) is 0 Å². The van der Waals surface area contributed by atoms with Crippen molar-refractivity contribution < 1.29 is 14.6 Å². The zero-order chi connectivity index (χ0) is 28.9. The SMILES string of the molecule is CCCCN(CCCC)c1ccc2c(c1)Oc1cc(C)c(-c3ccc(OC)cc3)c(N)c1C2c1ccccc1CO. The van der Waals surface area contributed by atoms with E-state index in [0.717, 1.165) is 95.0 Å². The van der Waals surface area contributed by atoms with Gasteiger partial charge in [0.15, 0.2) is 0 Å². The van der Waals surface area contributed by atoms with Crippen molar-refractivity contribution in [3.05, 3.63) is 101 Å². The molecule has 41 heavy (non-hydrogen) atoms. The fourth-order valence-corrected chi connectivity index (χ4v) is 6.02. The smallest absolute Gasteiger partial charge is 0.133 e. The summed E-state index contributed by atoms with van der Waals surface area (Å²) in [7, 11) is 1.67. The van der Waals surface area contributed by atoms with E-state index in [-0.39, 0.29) is 12.5 Å². The van der Waals surface area contributed by atoms with Crippen LogP contribution in [0.25, 0.3) is 11.1 Å². The number of aliphatic hydroxyl groups excluding tert-OH is 1. The largest absolute Gasteiger partial charge is 0.497 e. The first-order valence-electron chi connectivity index (χ1n) is 14.8. The molecular formula is C36H42N2O3. The number of aliphatic hydroxyl groups is 1. The minimum absolute atomic E-state index is 0.0464. The first kappa shape index (κ1) is 28.6. The van der Waals surface area contributed by atoms with Gasteiger partial charge in [-0.2, -0.15) is 0 Å². The molecule has 1 heterocycles. The van der Waals surface area contributed by atoms with Crippen LogP contribution in [0, 0.1) is 6.92 Å². The highest BCUT2D eigenvalue weighted by atomic mass is 16.5. The quantitative estimate of drug-likeness (QED) is 0.162. The Kier molecular flexibility index (Phi) is 8.84. The van der Waals surface area contributed by atoms with Gasteiger partial charge in [-0.05, 0) is 66.3 Å². The van der Waals surface area contributed by atoms with Crippen LogP contribution < -0.4 is 20.1 Å². The lowest BCUT2D eigenvalue weighted by Crippen LogP contribution is -2.26. The molecule has 0 radical (unpaired) electrons. The van der Waals surface area contributed by atoms with E-state index in [1.807, 2.05) is 42.5 Å². The summed E-state index contributed by atoms with van der Waals surface area (Å²) in [4.78, 5) is 2.48. The lowest BCUT2D eigenvalue weighted by atomic mass is 9.78. The molecule has 4 aromatic carbocycles. The molecule has 1 atom stereocenters. The van der Waals surface area contributed by atoms with Crippen LogP contribution in [-0.4, -0.2) is 25.3 Å². The Bertz CT molecular complexity index is 1490. The Balaban J connectivity index is 1.68. The Morgan fingerprint density at radius 1 is 0.878 bits per heavy atom. The molecule has 4 aromatic rings. The van der Waals surface area contributed by atoms with Crippen LogP contribution in [0.4, 0.5) is 11.4 Å². The molecule has 0 saturated heterocycles. The number of nitrogen functional groups attached to an aromatic ring is 1. The van der Waals surface area contributed by atoms with Crippen LogP contribution in [0.2, 0.25) is 0 Å². The molecule has 0 aromatic heterocycles. The van der Waals surface area contributed by atoms with Crippen LogP contribution in [0.15, 0.2) is 72.8 Å². The van der Waals surface area contributed by atoms with E-state index in [4.69, 9.17) is 15.2 Å². The van der Waals surface area contributed by atoms with Gasteiger partial charge < -0.3 is 25.2 Å². The number of hydrogen-bond donors (Lipinski definition) is 2. The molecule has 0 bridgehead atoms. The number of methoxy groups -OCH3 is 1. The number of aryl methyl sites for hydroxylation is 1. The summed E-state index contributed by atoms with van der Waals surface area (Å²) in [6, 6.07) is 24.8. The highest BCUT2D eigenvalue weighted by Gasteiger charge is 2.34. The van der Waals surface area contributed by atoms with Crippen molar-refractivity contribution in [2.45, 2.75) is 59.0 Å². The topological polar surface area (TPSA) is 68.0 Å². The maximum Gasteiger partial charge on any atom is 0.133 e. The Morgan fingerprint density at radius 2 is 1.59 bits per heavy atom. The highest BCUT2D eigenvalue weighted by Crippen LogP contribution is 2.53. The van der Waals surface area contributed by atoms with E-state index >= 15 is 0 Å². The Labute approximate surface area is 244 Å². The molecule has 0 amide bonds. The lowest BCUT2D eigenvalue weighted by Gasteiger charge is -2.34. The molecule has 1 aliphatic rings. The molecule has 0 aliphatic carbocycles. The Morgan fingerprint density at radius 3 is 2.24 bits per heavy atom. The minimum Gasteiger partial charge on any atom is -0.497 e. The number of rotatable bonds is 11. The maximum absolute atomic E-state index is 10.3. The summed E-state index contributed by atoms with van der Waals surface area (Å²) < 4.78 is 12.1. The fourth-order valence-electron chi connectivity index (χ4n) is 6.02. The molecule has 1 unspecified atom stereocenters. The van der Waals surface area contributed by atoms with Crippen molar-refractivity contribution in [3.8, 4) is 28.4 Å². The number of unbranched alkanes of at least 4 members (excludes halogenated alkanes) is 2. The van der Waals surface area contributed by atoms with Gasteiger partial charge in [-0.25, -0.2) is 0 Å². The van der Waals surface area contributed by atoms with Gasteiger partial charge in [0.2, 0.25) is 0 Å². The fraction of sp³-hybridized carbons (Fsp3) is 0.333. The standard InChI is InChI=1S/C36H42N2O3/c1-5-7-19-38(20-8-6-2)27-15-18-30-31(22-27)41-32-21-24(3)33(25-13-16-28(40-4)17-14-25)36(37)35(32)34(30)29-12-10-9-11-26(29)23-39/h9-18,21-22,34,39H,5-8,19-20,23,37H2,1-4H3. The van der Waals surface area contributed by atoms with Crippen molar-refractivity contribution in [3.63, 3.8) is 0 Å². The number of fused-ring (bicyclic) bond motifs is 2. The maximum atomic E-state index is 10.3. The summed E-state index contributed by atoms with van der Waals surface area (Å²) in [5.41, 5.74) is 16.0. The molecule has 3 N–H and O–H groups in total. The molecular weight excluding hydrogens is 508 g/mol. The van der Waals surface area contributed by atoms with E-state index in [1.165, 1.54) is 5.69 Å². The van der Waals surface area contributed by atoms with E-state index in [9.17, 15) is 5.11 Å². The number of nitrogens with two attached hydrogens (primary N) is 1. The molecule has 5 heteroatoms. The summed E-state index contributed by atoms with van der Waals surface area (Å²) in [6.45, 7) is 8.57. The highest BCUT2D eigenvalue weighted by molar-refractivity contribution is 5.86. The van der Waals surface area contributed by atoms with Crippen LogP contribution in [-0.2, 0) is 6.61 Å². The van der Waals surface area contributed by atoms with E-state index in [0.29, 0.717) is 5.69 Å². The molecule has 5 rings (SSSR count). The second kappa shape index (κ2) is 12.7. The predicted octanol–water partition coefficient (Wildman–Crippen LogP) is 8.44. The number of nitrogens with zero attached hydrogens (tertiary/aromatic N) is 1. The third kappa shape index (κ3) is 5.64. The Hall–Kier alpha value is -3.96. The lowest BCUT2D eigenvalue weighted by molar-refractivity contribution is 0.280. The molecule has 214 valence electrons. The van der Waals surface area contributed by atoms with Crippen molar-refractivity contribution >= 4 is 11.4 Å². The molecule has 0 spiro atoms. The van der Waals surface area contributed by atoms with E-state index in [2.05, 4.69) is 56.0 Å². The third-order valence-corrected chi connectivity index (χ3v) is 8.23. The average Bonchev–Trinajstić information content (AvgIpc) is 3.00. The van der Waals surface area contributed by atoms with Gasteiger partial charge in [0.05, 0.1) is 13.7 Å². The first-order valence-corrected chi connectivity index (χ1v) is 14.8. The van der Waals surface area contributed by atoms with Crippen molar-refractivity contribution in [2.24, 2.45) is 0 Å². The molecule has 1 aliphatic heterocycles. The predicted molar refractivity (Wildman–Crippen MR) is 169 cm³/mol. The van der Waals surface area contributed by atoms with Crippen LogP contribution >= 0.6 is 0 Å². The van der Waals surface area contributed by atoms with Crippen LogP contribution in [0.3, 0.4) is 0 Å². The number of benzene rings is 4. The summed E-state index contributed by atoms with van der Waals surface area (Å²) in [5.74, 6) is 2.25. The molecule has 0 fully saturated rings. The van der Waals surface area contributed by atoms with Gasteiger partial charge in [0, 0.05) is 53.1 Å². The summed E-state index contributed by atoms with van der Waals surface area (Å²) in [5, 5.41) is 10.3. The zero-order valence-corrected chi connectivity index (χ0v) is 24.7. The second-order valence-corrected chi connectivity index (χ2v) is 10.9. The van der Waals surface area contributed by atoms with Crippen LogP contribution in [0.1, 0.15) is 73.3 Å². The molecule has 5 nitrogen and oxygen atoms in total. The number of ether oxygens (including phenoxy) is 2. The van der Waals surface area contributed by atoms with Crippen molar-refractivity contribution in [1.82, 2.24) is 0 Å². The van der Waals surface area contributed by atoms with E-state index in [1.54, 1.807) is 7.11 Å². The first-order chi connectivity index (χ1) is 20.0. The van der Waals surface area contributed by atoms with Gasteiger partial charge in [0.1, 0.15) is 17.2 Å². The normalized spacial score (nSPS) is 13.7.